The third-order valence-corrected chi connectivity index (χ3v) is 8.42. The van der Waals surface area contributed by atoms with Crippen molar-refractivity contribution < 1.29 is 18.7 Å². The van der Waals surface area contributed by atoms with Crippen LogP contribution < -0.4 is 20.9 Å². The van der Waals surface area contributed by atoms with E-state index < -0.39 is 11.9 Å². The van der Waals surface area contributed by atoms with Crippen LogP contribution in [0.3, 0.4) is 0 Å². The molecule has 2 N–H and O–H groups in total. The van der Waals surface area contributed by atoms with Crippen LogP contribution in [-0.4, -0.2) is 46.5 Å². The van der Waals surface area contributed by atoms with Crippen LogP contribution in [0.25, 0.3) is 5.69 Å². The van der Waals surface area contributed by atoms with Crippen molar-refractivity contribution in [1.82, 2.24) is 19.8 Å². The number of amides is 2. The van der Waals surface area contributed by atoms with Gasteiger partial charge in [0.1, 0.15) is 0 Å². The summed E-state index contributed by atoms with van der Waals surface area (Å²) in [5.41, 5.74) is 2.48. The number of carbonyl (C=O) groups is 2. The van der Waals surface area contributed by atoms with E-state index in [1.807, 2.05) is 13.8 Å². The highest BCUT2D eigenvalue weighted by Crippen LogP contribution is 2.29. The van der Waals surface area contributed by atoms with Gasteiger partial charge in [-0.15, -0.1) is 0 Å². The minimum atomic E-state index is -0.523. The number of hydrogen-bond donors (Lipinski definition) is 2. The van der Waals surface area contributed by atoms with Crippen LogP contribution in [-0.2, 0) is 13.0 Å². The first-order valence-electron chi connectivity index (χ1n) is 13.9. The second-order valence-corrected chi connectivity index (χ2v) is 11.3. The zero-order valence-electron chi connectivity index (χ0n) is 24.5. The molecule has 1 aromatic heterocycles. The van der Waals surface area contributed by atoms with Gasteiger partial charge in [-0.1, -0.05) is 29.3 Å². The van der Waals surface area contributed by atoms with Crippen LogP contribution >= 0.6 is 23.2 Å². The number of rotatable bonds is 7. The number of benzene rings is 3. The van der Waals surface area contributed by atoms with E-state index in [1.54, 1.807) is 47.4 Å². The fourth-order valence-electron chi connectivity index (χ4n) is 5.20. The summed E-state index contributed by atoms with van der Waals surface area (Å²) in [4.78, 5) is 46.3. The SMILES string of the molecule is CNC(=O)c1ccc(-n2c(N[C@H](C)c3ccc(OC)c(F)c3)nc3c(c2=O)C[C@@H](C)N(C(=O)c2ccc(Cl)c(Cl)c2)C3)cc1. The number of aromatic nitrogens is 2. The molecular formula is C32H30Cl2FN5O4. The summed E-state index contributed by atoms with van der Waals surface area (Å²) in [6.45, 7) is 3.77. The van der Waals surface area contributed by atoms with Crippen LogP contribution in [0.1, 0.15) is 57.4 Å². The zero-order chi connectivity index (χ0) is 31.7. The molecule has 3 aromatic carbocycles. The third kappa shape index (κ3) is 6.00. The quantitative estimate of drug-likeness (QED) is 0.265. The molecule has 2 heterocycles. The Kier molecular flexibility index (Phi) is 8.94. The van der Waals surface area contributed by atoms with Gasteiger partial charge in [-0.05, 0) is 80.4 Å². The van der Waals surface area contributed by atoms with Gasteiger partial charge in [0, 0.05) is 29.8 Å². The monoisotopic (exact) mass is 637 g/mol. The number of fused-ring (bicyclic) bond motifs is 1. The average molecular weight is 639 g/mol. The van der Waals surface area contributed by atoms with Crippen molar-refractivity contribution in [2.24, 2.45) is 0 Å². The smallest absolute Gasteiger partial charge is 0.263 e. The number of halogens is 3. The third-order valence-electron chi connectivity index (χ3n) is 7.68. The first-order chi connectivity index (χ1) is 21.0. The van der Waals surface area contributed by atoms with Crippen molar-refractivity contribution in [2.45, 2.75) is 38.9 Å². The second kappa shape index (κ2) is 12.7. The van der Waals surface area contributed by atoms with Crippen molar-refractivity contribution in [3.8, 4) is 11.4 Å². The van der Waals surface area contributed by atoms with Gasteiger partial charge >= 0.3 is 0 Å². The van der Waals surface area contributed by atoms with Gasteiger partial charge in [-0.25, -0.2) is 13.9 Å². The maximum Gasteiger partial charge on any atom is 0.263 e. The van der Waals surface area contributed by atoms with E-state index in [-0.39, 0.29) is 53.1 Å². The van der Waals surface area contributed by atoms with Crippen LogP contribution in [0, 0.1) is 5.82 Å². The van der Waals surface area contributed by atoms with Crippen molar-refractivity contribution in [3.63, 3.8) is 0 Å². The Morgan fingerprint density at radius 1 is 1.05 bits per heavy atom. The summed E-state index contributed by atoms with van der Waals surface area (Å²) < 4.78 is 21.0. The molecule has 0 spiro atoms. The molecule has 1 aliphatic rings. The summed E-state index contributed by atoms with van der Waals surface area (Å²) in [6, 6.07) is 15.1. The number of carbonyl (C=O) groups excluding carboxylic acids is 2. The summed E-state index contributed by atoms with van der Waals surface area (Å²) in [7, 11) is 2.93. The largest absolute Gasteiger partial charge is 0.494 e. The molecule has 12 heteroatoms. The summed E-state index contributed by atoms with van der Waals surface area (Å²) in [5, 5.41) is 6.44. The van der Waals surface area contributed by atoms with Crippen LogP contribution in [0.4, 0.5) is 10.3 Å². The topological polar surface area (TPSA) is 106 Å². The van der Waals surface area contributed by atoms with E-state index >= 15 is 0 Å². The number of methoxy groups -OCH3 is 1. The van der Waals surface area contributed by atoms with Crippen LogP contribution in [0.5, 0.6) is 5.75 Å². The summed E-state index contributed by atoms with van der Waals surface area (Å²) >= 11 is 12.2. The molecule has 0 aliphatic carbocycles. The zero-order valence-corrected chi connectivity index (χ0v) is 26.0. The number of hydrogen-bond acceptors (Lipinski definition) is 6. The highest BCUT2D eigenvalue weighted by Gasteiger charge is 2.32. The molecule has 228 valence electrons. The normalized spacial score (nSPS) is 14.9. The molecule has 9 nitrogen and oxygen atoms in total. The Balaban J connectivity index is 1.57. The lowest BCUT2D eigenvalue weighted by Gasteiger charge is -2.35. The van der Waals surface area contributed by atoms with Crippen LogP contribution in [0.15, 0.2) is 65.5 Å². The molecule has 0 saturated carbocycles. The van der Waals surface area contributed by atoms with Crippen molar-refractivity contribution >= 4 is 41.0 Å². The highest BCUT2D eigenvalue weighted by atomic mass is 35.5. The van der Waals surface area contributed by atoms with Gasteiger partial charge in [0.15, 0.2) is 11.6 Å². The van der Waals surface area contributed by atoms with E-state index in [0.717, 1.165) is 0 Å². The first-order valence-corrected chi connectivity index (χ1v) is 14.6. The Labute approximate surface area is 263 Å². The van der Waals surface area contributed by atoms with Crippen molar-refractivity contribution in [3.05, 3.63) is 115 Å². The molecule has 1 aliphatic heterocycles. The van der Waals surface area contributed by atoms with E-state index in [0.29, 0.717) is 38.7 Å². The van der Waals surface area contributed by atoms with Crippen molar-refractivity contribution in [1.29, 1.82) is 0 Å². The van der Waals surface area contributed by atoms with E-state index in [2.05, 4.69) is 10.6 Å². The van der Waals surface area contributed by atoms with Gasteiger partial charge in [0.25, 0.3) is 17.4 Å². The predicted octanol–water partition coefficient (Wildman–Crippen LogP) is 5.81. The van der Waals surface area contributed by atoms with Crippen LogP contribution in [0.2, 0.25) is 10.0 Å². The molecule has 4 aromatic rings. The molecule has 0 unspecified atom stereocenters. The molecule has 5 rings (SSSR count). The Hall–Kier alpha value is -4.41. The summed E-state index contributed by atoms with van der Waals surface area (Å²) in [6.07, 6.45) is 0.268. The average Bonchev–Trinajstić information content (AvgIpc) is 3.02. The lowest BCUT2D eigenvalue weighted by Crippen LogP contribution is -2.46. The molecule has 0 bridgehead atoms. The predicted molar refractivity (Wildman–Crippen MR) is 168 cm³/mol. The van der Waals surface area contributed by atoms with E-state index in [1.165, 1.54) is 36.9 Å². The summed E-state index contributed by atoms with van der Waals surface area (Å²) in [5.74, 6) is -0.747. The van der Waals surface area contributed by atoms with Gasteiger partial charge < -0.3 is 20.3 Å². The number of anilines is 1. The Bertz CT molecular complexity index is 1810. The molecule has 44 heavy (non-hydrogen) atoms. The van der Waals surface area contributed by atoms with Crippen molar-refractivity contribution in [2.75, 3.05) is 19.5 Å². The first kappa shape index (κ1) is 31.0. The number of ether oxygens (including phenoxy) is 1. The Morgan fingerprint density at radius 2 is 1.75 bits per heavy atom. The van der Waals surface area contributed by atoms with Gasteiger partial charge in [-0.2, -0.15) is 0 Å². The Morgan fingerprint density at radius 3 is 2.39 bits per heavy atom. The molecular weight excluding hydrogens is 608 g/mol. The molecule has 0 radical (unpaired) electrons. The molecule has 0 fully saturated rings. The van der Waals surface area contributed by atoms with Gasteiger partial charge in [0.05, 0.1) is 41.1 Å². The minimum Gasteiger partial charge on any atom is -0.494 e. The van der Waals surface area contributed by atoms with Gasteiger partial charge in [0.2, 0.25) is 5.95 Å². The fourth-order valence-corrected chi connectivity index (χ4v) is 5.50. The number of nitrogens with one attached hydrogen (secondary N) is 2. The highest BCUT2D eigenvalue weighted by molar-refractivity contribution is 6.42. The molecule has 0 saturated heterocycles. The second-order valence-electron chi connectivity index (χ2n) is 10.5. The molecule has 2 amide bonds. The lowest BCUT2D eigenvalue weighted by atomic mass is 9.98. The fraction of sp³-hybridized carbons (Fsp3) is 0.250. The molecule has 2 atom stereocenters. The lowest BCUT2D eigenvalue weighted by molar-refractivity contribution is 0.0653. The minimum absolute atomic E-state index is 0.0848. The number of nitrogens with zero attached hydrogens (tertiary/aromatic N) is 3. The van der Waals surface area contributed by atoms with E-state index in [9.17, 15) is 18.8 Å². The maximum absolute atomic E-state index is 14.5. The standard InChI is InChI=1S/C32H30Cl2FN5O4/c1-17-13-23-27(16-39(17)30(42)21-7-11-24(33)25(34)14-21)38-32(37-18(2)20-8-12-28(44-4)26(35)15-20)40(31(23)43)22-9-5-19(6-10-22)29(41)36-3/h5-12,14-15,17-18H,13,16H2,1-4H3,(H,36,41)(H,37,38)/t17-,18-/m1/s1. The van der Waals surface area contributed by atoms with E-state index in [4.69, 9.17) is 32.9 Å². The van der Waals surface area contributed by atoms with Gasteiger partial charge in [-0.3, -0.25) is 14.4 Å². The maximum atomic E-state index is 14.5.